The lowest BCUT2D eigenvalue weighted by Crippen LogP contribution is -2.62. The quantitative estimate of drug-likeness (QED) is 0.147. The van der Waals surface area contributed by atoms with E-state index in [2.05, 4.69) is 373 Å². The number of fused-ring (bicyclic) bond motifs is 17. The van der Waals surface area contributed by atoms with Crippen molar-refractivity contribution in [3.63, 3.8) is 0 Å². The van der Waals surface area contributed by atoms with E-state index in [0.29, 0.717) is 0 Å². The first-order valence-corrected chi connectivity index (χ1v) is 34.7. The minimum absolute atomic E-state index is 0.0976. The fourth-order valence-corrected chi connectivity index (χ4v) is 18.6. The van der Waals surface area contributed by atoms with E-state index in [-0.39, 0.29) is 18.8 Å². The molecule has 1 spiro atoms. The minimum atomic E-state index is -0.741. The Hall–Kier alpha value is -11.4. The van der Waals surface area contributed by atoms with Gasteiger partial charge in [-0.15, -0.1) is 0 Å². The van der Waals surface area contributed by atoms with Crippen molar-refractivity contribution >= 4 is 143 Å². The van der Waals surface area contributed by atoms with Gasteiger partial charge in [0.15, 0.2) is 0 Å². The Morgan fingerprint density at radius 2 is 0.619 bits per heavy atom. The van der Waals surface area contributed by atoms with Gasteiger partial charge in [-0.3, -0.25) is 0 Å². The summed E-state index contributed by atoms with van der Waals surface area (Å²) in [5.41, 5.74) is 33.2. The summed E-state index contributed by atoms with van der Waals surface area (Å²) in [5.74, 6) is 0. The second-order valence-electron chi connectivity index (χ2n) is 27.5. The molecule has 0 aromatic heterocycles. The van der Waals surface area contributed by atoms with E-state index in [1.165, 1.54) is 116 Å². The average molecular weight is 1260 g/mol. The fraction of sp³-hybridized carbons (Fsp3) is 0.0562. The van der Waals surface area contributed by atoms with Crippen molar-refractivity contribution in [2.45, 2.75) is 41.4 Å². The molecule has 14 aromatic rings. The molecule has 14 aromatic carbocycles. The fourth-order valence-electron chi connectivity index (χ4n) is 17.3. The first-order valence-electron chi connectivity index (χ1n) is 33.9. The van der Waals surface area contributed by atoms with Gasteiger partial charge in [-0.25, -0.2) is 0 Å². The molecule has 0 fully saturated rings. The Balaban J connectivity index is 0.897. The molecule has 6 aliphatic rings. The monoisotopic (exact) mass is 1260 g/mol. The summed E-state index contributed by atoms with van der Waals surface area (Å²) in [4.78, 5) is 15.2. The maximum absolute atomic E-state index is 2.70. The number of benzene rings is 14. The van der Waals surface area contributed by atoms with E-state index >= 15 is 0 Å². The van der Waals surface area contributed by atoms with Crippen LogP contribution in [-0.4, -0.2) is 13.4 Å². The molecule has 0 atom stereocenters. The molecule has 5 nitrogen and oxygen atoms in total. The highest BCUT2D eigenvalue weighted by Crippen LogP contribution is 2.64. The highest BCUT2D eigenvalue weighted by Gasteiger charge is 2.54. The van der Waals surface area contributed by atoms with E-state index in [1.807, 2.05) is 11.8 Å². The third-order valence-corrected chi connectivity index (χ3v) is 22.4. The largest absolute Gasteiger partial charge is 0.311 e. The van der Waals surface area contributed by atoms with Crippen molar-refractivity contribution in [2.24, 2.45) is 0 Å². The van der Waals surface area contributed by atoms with Crippen LogP contribution in [0.25, 0.3) is 11.1 Å². The molecule has 456 valence electrons. The van der Waals surface area contributed by atoms with Gasteiger partial charge in [0.25, 0.3) is 13.4 Å². The van der Waals surface area contributed by atoms with Crippen molar-refractivity contribution in [3.05, 3.63) is 355 Å². The molecule has 0 radical (unpaired) electrons. The normalized spacial score (nSPS) is 14.3. The molecule has 1 aliphatic carbocycles. The van der Waals surface area contributed by atoms with Gasteiger partial charge in [0.2, 0.25) is 0 Å². The predicted octanol–water partition coefficient (Wildman–Crippen LogP) is 19.4. The second-order valence-corrected chi connectivity index (χ2v) is 28.6. The van der Waals surface area contributed by atoms with E-state index in [0.717, 1.165) is 51.2 Å². The van der Waals surface area contributed by atoms with Gasteiger partial charge >= 0.3 is 0 Å². The summed E-state index contributed by atoms with van der Waals surface area (Å²) in [6.45, 7) is 6.82. The van der Waals surface area contributed by atoms with E-state index in [1.54, 1.807) is 0 Å². The summed E-state index contributed by atoms with van der Waals surface area (Å²) < 4.78 is 0. The highest BCUT2D eigenvalue weighted by molar-refractivity contribution is 7.99. The Morgan fingerprint density at radius 1 is 0.289 bits per heavy atom. The Labute approximate surface area is 572 Å². The van der Waals surface area contributed by atoms with Crippen molar-refractivity contribution in [1.29, 1.82) is 0 Å². The zero-order chi connectivity index (χ0) is 64.3. The van der Waals surface area contributed by atoms with Crippen molar-refractivity contribution in [3.8, 4) is 11.1 Å². The maximum atomic E-state index is 2.70. The van der Waals surface area contributed by atoms with Crippen molar-refractivity contribution in [1.82, 2.24) is 0 Å². The lowest BCUT2D eigenvalue weighted by atomic mass is 9.33. The molecule has 0 amide bonds. The second kappa shape index (κ2) is 21.3. The van der Waals surface area contributed by atoms with Crippen LogP contribution in [0.15, 0.2) is 337 Å². The standard InChI is InChI=1S/C89H63B2N5S/c1-88(2,3)58-50-80-86-81(51-58)95(63-38-18-8-19-39-63)78-56-84-70(54-74(78)90(86)72-46-26-28-48-76(72)93(80)61-34-14-6-15-35-61)89(68-44-24-22-42-66(68)67-43-23-25-45-69(67)89)71-55-75-79(57-85(71)97-84)96(64-40-20-9-21-41-64)83-53-65(92(59-30-10-4-11-31-59)60-32-12-5-13-33-60)52-82-87(83)91(75)73-47-27-29-49-77(73)94(82)62-36-16-7-17-37-62/h4-57H,1-3H3. The number of anilines is 15. The maximum Gasteiger partial charge on any atom is 0.252 e. The summed E-state index contributed by atoms with van der Waals surface area (Å²) in [7, 11) is 0. The first-order chi connectivity index (χ1) is 47.8. The summed E-state index contributed by atoms with van der Waals surface area (Å²) in [6, 6.07) is 124. The van der Waals surface area contributed by atoms with Crippen LogP contribution in [0.1, 0.15) is 48.6 Å². The van der Waals surface area contributed by atoms with Crippen LogP contribution in [0.2, 0.25) is 0 Å². The number of hydrogen-bond donors (Lipinski definition) is 0. The molecule has 0 unspecified atom stereocenters. The molecular weight excluding hydrogens is 1190 g/mol. The average Bonchev–Trinajstić information content (AvgIpc) is 1.40. The van der Waals surface area contributed by atoms with Gasteiger partial charge in [0, 0.05) is 89.4 Å². The summed E-state index contributed by atoms with van der Waals surface area (Å²) in [5, 5.41) is 0. The summed E-state index contributed by atoms with van der Waals surface area (Å²) in [6.07, 6.45) is 0. The Kier molecular flexibility index (Phi) is 12.3. The summed E-state index contributed by atoms with van der Waals surface area (Å²) >= 11 is 1.95. The molecule has 5 aliphatic heterocycles. The third kappa shape index (κ3) is 8.11. The highest BCUT2D eigenvalue weighted by atomic mass is 32.2. The molecule has 5 heterocycles. The molecule has 0 saturated carbocycles. The molecule has 0 N–H and O–H groups in total. The topological polar surface area (TPSA) is 16.2 Å². The number of hydrogen-bond acceptors (Lipinski definition) is 6. The third-order valence-electron chi connectivity index (χ3n) is 21.3. The minimum Gasteiger partial charge on any atom is -0.311 e. The lowest BCUT2D eigenvalue weighted by Gasteiger charge is -2.48. The Bertz CT molecular complexity index is 5450. The molecule has 97 heavy (non-hydrogen) atoms. The van der Waals surface area contributed by atoms with Crippen LogP contribution >= 0.6 is 11.8 Å². The number of nitrogens with zero attached hydrogens (tertiary/aromatic N) is 5. The molecule has 0 saturated heterocycles. The number of para-hydroxylation sites is 8. The van der Waals surface area contributed by atoms with Crippen LogP contribution in [-0.2, 0) is 10.8 Å². The van der Waals surface area contributed by atoms with Crippen molar-refractivity contribution in [2.75, 3.05) is 24.5 Å². The lowest BCUT2D eigenvalue weighted by molar-refractivity contribution is 0.590. The van der Waals surface area contributed by atoms with Crippen LogP contribution in [0, 0.1) is 0 Å². The smallest absolute Gasteiger partial charge is 0.252 e. The van der Waals surface area contributed by atoms with E-state index in [4.69, 9.17) is 0 Å². The van der Waals surface area contributed by atoms with Gasteiger partial charge in [0.1, 0.15) is 0 Å². The van der Waals surface area contributed by atoms with Crippen LogP contribution in [0.5, 0.6) is 0 Å². The van der Waals surface area contributed by atoms with Gasteiger partial charge in [-0.05, 0) is 198 Å². The predicted molar refractivity (Wildman–Crippen MR) is 409 cm³/mol. The van der Waals surface area contributed by atoms with Gasteiger partial charge in [0.05, 0.1) is 11.1 Å². The van der Waals surface area contributed by atoms with E-state index in [9.17, 15) is 0 Å². The molecular formula is C89H63B2N5S. The zero-order valence-corrected chi connectivity index (χ0v) is 54.8. The molecule has 20 rings (SSSR count). The SMILES string of the molecule is CC(C)(C)c1cc2c3c(c1)N(c1ccccc1)c1cc4c(cc1B3c1ccccc1N2c1ccccc1)C1(c2cc3c(cc2S4)N(c2ccccc2)c2cc(N(c4ccccc4)c4ccccc4)cc4c2B3c2ccccc2N4c2ccccc2)c2ccccc2-c2ccccc21. The van der Waals surface area contributed by atoms with E-state index < -0.39 is 5.41 Å². The number of rotatable bonds is 7. The Morgan fingerprint density at radius 3 is 1.01 bits per heavy atom. The zero-order valence-electron chi connectivity index (χ0n) is 54.0. The van der Waals surface area contributed by atoms with Gasteiger partial charge < -0.3 is 24.5 Å². The first kappa shape index (κ1) is 56.0. The van der Waals surface area contributed by atoms with Crippen molar-refractivity contribution < 1.29 is 0 Å². The van der Waals surface area contributed by atoms with Crippen LogP contribution in [0.3, 0.4) is 0 Å². The molecule has 0 bridgehead atoms. The molecule has 8 heteroatoms. The van der Waals surface area contributed by atoms with Gasteiger partial charge in [-0.1, -0.05) is 239 Å². The van der Waals surface area contributed by atoms with Crippen LogP contribution in [0.4, 0.5) is 85.3 Å². The van der Waals surface area contributed by atoms with Crippen LogP contribution < -0.4 is 57.3 Å². The van der Waals surface area contributed by atoms with Gasteiger partial charge in [-0.2, -0.15) is 0 Å².